The number of rotatable bonds is 3. The van der Waals surface area contributed by atoms with Crippen molar-refractivity contribution in [2.75, 3.05) is 13.7 Å². The van der Waals surface area contributed by atoms with Gasteiger partial charge in [0, 0.05) is 0 Å². The molecule has 7 heteroatoms. The molecule has 3 N–H and O–H groups in total. The summed E-state index contributed by atoms with van der Waals surface area (Å²) in [5, 5.41) is 8.68. The monoisotopic (exact) mass is 185 g/mol. The van der Waals surface area contributed by atoms with Crippen LogP contribution in [-0.2, 0) is 9.63 Å². The molecule has 0 aromatic heterocycles. The largest absolute Gasteiger partial charge is 0.399 e. The van der Waals surface area contributed by atoms with Crippen LogP contribution < -0.4 is 11.3 Å². The SMILES string of the molecule is CO/N=C/C1=NNC(C=O)N(N)C1. The molecule has 0 aliphatic carbocycles. The first kappa shape index (κ1) is 9.62. The Morgan fingerprint density at radius 2 is 2.69 bits per heavy atom. The number of hydrogen-bond donors (Lipinski definition) is 2. The topological polar surface area (TPSA) is 92.3 Å². The Kier molecular flexibility index (Phi) is 3.35. The van der Waals surface area contributed by atoms with E-state index in [-0.39, 0.29) is 0 Å². The van der Waals surface area contributed by atoms with Crippen molar-refractivity contribution in [2.45, 2.75) is 6.17 Å². The van der Waals surface area contributed by atoms with Gasteiger partial charge >= 0.3 is 0 Å². The Morgan fingerprint density at radius 1 is 1.92 bits per heavy atom. The van der Waals surface area contributed by atoms with Gasteiger partial charge in [-0.25, -0.2) is 5.01 Å². The normalized spacial score (nSPS) is 23.8. The van der Waals surface area contributed by atoms with Gasteiger partial charge in [-0.1, -0.05) is 5.16 Å². The van der Waals surface area contributed by atoms with Crippen LogP contribution in [0.3, 0.4) is 0 Å². The first-order valence-electron chi connectivity index (χ1n) is 3.63. The van der Waals surface area contributed by atoms with E-state index in [1.165, 1.54) is 18.3 Å². The number of carbonyl (C=O) groups excluding carboxylic acids is 1. The molecule has 72 valence electrons. The molecule has 1 aliphatic heterocycles. The van der Waals surface area contributed by atoms with E-state index in [0.29, 0.717) is 18.5 Å². The van der Waals surface area contributed by atoms with Gasteiger partial charge < -0.3 is 4.84 Å². The van der Waals surface area contributed by atoms with Crippen molar-refractivity contribution in [3.63, 3.8) is 0 Å². The van der Waals surface area contributed by atoms with E-state index >= 15 is 0 Å². The fraction of sp³-hybridized carbons (Fsp3) is 0.500. The number of hydrazone groups is 1. The maximum Gasteiger partial charge on any atom is 0.165 e. The zero-order chi connectivity index (χ0) is 9.68. The van der Waals surface area contributed by atoms with Gasteiger partial charge in [0.1, 0.15) is 7.11 Å². The van der Waals surface area contributed by atoms with Gasteiger partial charge in [0.15, 0.2) is 12.5 Å². The summed E-state index contributed by atoms with van der Waals surface area (Å²) in [5.74, 6) is 5.51. The second kappa shape index (κ2) is 4.53. The quantitative estimate of drug-likeness (QED) is 0.236. The Bertz CT molecular complexity index is 239. The third kappa shape index (κ3) is 2.49. The number of nitrogens with one attached hydrogen (secondary N) is 1. The van der Waals surface area contributed by atoms with Gasteiger partial charge in [0.05, 0.1) is 18.5 Å². The average molecular weight is 185 g/mol. The van der Waals surface area contributed by atoms with Crippen LogP contribution in [0.5, 0.6) is 0 Å². The second-order valence-corrected chi connectivity index (χ2v) is 2.40. The zero-order valence-electron chi connectivity index (χ0n) is 7.17. The molecule has 7 nitrogen and oxygen atoms in total. The molecule has 0 bridgehead atoms. The fourth-order valence-corrected chi connectivity index (χ4v) is 0.836. The minimum Gasteiger partial charge on any atom is -0.399 e. The molecule has 0 spiro atoms. The van der Waals surface area contributed by atoms with E-state index in [0.717, 1.165) is 0 Å². The Hall–Kier alpha value is -1.47. The third-order valence-corrected chi connectivity index (χ3v) is 1.48. The second-order valence-electron chi connectivity index (χ2n) is 2.40. The minimum atomic E-state index is -0.570. The van der Waals surface area contributed by atoms with Crippen LogP contribution in [0.1, 0.15) is 0 Å². The molecule has 0 saturated carbocycles. The van der Waals surface area contributed by atoms with Gasteiger partial charge in [-0.3, -0.25) is 16.1 Å². The molecule has 1 unspecified atom stereocenters. The lowest BCUT2D eigenvalue weighted by molar-refractivity contribution is -0.113. The Labute approximate surface area is 75.2 Å². The molecule has 1 rings (SSSR count). The number of oxime groups is 1. The van der Waals surface area contributed by atoms with E-state index in [2.05, 4.69) is 20.5 Å². The number of hydrogen-bond acceptors (Lipinski definition) is 7. The van der Waals surface area contributed by atoms with Crippen molar-refractivity contribution in [1.82, 2.24) is 10.4 Å². The van der Waals surface area contributed by atoms with Crippen LogP contribution >= 0.6 is 0 Å². The molecular weight excluding hydrogens is 174 g/mol. The predicted molar refractivity (Wildman–Crippen MR) is 46.8 cm³/mol. The number of hydrazine groups is 1. The van der Waals surface area contributed by atoms with E-state index in [4.69, 9.17) is 5.84 Å². The highest BCUT2D eigenvalue weighted by atomic mass is 16.6. The predicted octanol–water partition coefficient (Wildman–Crippen LogP) is -1.72. The summed E-state index contributed by atoms with van der Waals surface area (Å²) in [6, 6.07) is 0. The number of aldehydes is 1. The van der Waals surface area contributed by atoms with Gasteiger partial charge in [-0.2, -0.15) is 5.10 Å². The summed E-state index contributed by atoms with van der Waals surface area (Å²) in [4.78, 5) is 14.8. The molecular formula is C6H11N5O2. The highest BCUT2D eigenvalue weighted by Gasteiger charge is 2.19. The molecule has 0 saturated heterocycles. The molecule has 1 atom stereocenters. The van der Waals surface area contributed by atoms with Gasteiger partial charge in [-0.05, 0) is 0 Å². The van der Waals surface area contributed by atoms with Crippen molar-refractivity contribution in [3.8, 4) is 0 Å². The van der Waals surface area contributed by atoms with E-state index in [1.54, 1.807) is 0 Å². The smallest absolute Gasteiger partial charge is 0.165 e. The molecule has 13 heavy (non-hydrogen) atoms. The first-order valence-corrected chi connectivity index (χ1v) is 3.63. The van der Waals surface area contributed by atoms with Crippen LogP contribution in [0.2, 0.25) is 0 Å². The maximum atomic E-state index is 10.4. The number of carbonyl (C=O) groups is 1. The lowest BCUT2D eigenvalue weighted by atomic mass is 10.3. The number of nitrogens with two attached hydrogens (primary N) is 1. The average Bonchev–Trinajstić information content (AvgIpc) is 2.15. The van der Waals surface area contributed by atoms with Gasteiger partial charge in [0.2, 0.25) is 0 Å². The lowest BCUT2D eigenvalue weighted by Gasteiger charge is -2.26. The fourth-order valence-electron chi connectivity index (χ4n) is 0.836. The highest BCUT2D eigenvalue weighted by molar-refractivity contribution is 6.31. The maximum absolute atomic E-state index is 10.4. The molecule has 1 aliphatic rings. The third-order valence-electron chi connectivity index (χ3n) is 1.48. The van der Waals surface area contributed by atoms with Gasteiger partial charge in [0.25, 0.3) is 0 Å². The van der Waals surface area contributed by atoms with Crippen molar-refractivity contribution in [1.29, 1.82) is 0 Å². The van der Waals surface area contributed by atoms with Crippen LogP contribution in [-0.4, -0.2) is 43.0 Å². The molecule has 0 aromatic carbocycles. The summed E-state index contributed by atoms with van der Waals surface area (Å²) >= 11 is 0. The van der Waals surface area contributed by atoms with Crippen molar-refractivity contribution in [2.24, 2.45) is 16.1 Å². The molecule has 1 heterocycles. The Balaban J connectivity index is 2.57. The first-order chi connectivity index (χ1) is 6.27. The van der Waals surface area contributed by atoms with Crippen LogP contribution in [0.4, 0.5) is 0 Å². The lowest BCUT2D eigenvalue weighted by Crippen LogP contribution is -2.55. The van der Waals surface area contributed by atoms with Crippen LogP contribution in [0.15, 0.2) is 10.3 Å². The summed E-state index contributed by atoms with van der Waals surface area (Å²) in [7, 11) is 1.43. The van der Waals surface area contributed by atoms with Gasteiger partial charge in [-0.15, -0.1) is 0 Å². The van der Waals surface area contributed by atoms with E-state index in [9.17, 15) is 4.79 Å². The summed E-state index contributed by atoms with van der Waals surface area (Å²) in [6.07, 6.45) is 1.53. The van der Waals surface area contributed by atoms with Crippen molar-refractivity contribution >= 4 is 18.2 Å². The molecule has 0 aromatic rings. The molecule has 0 amide bonds. The summed E-state index contributed by atoms with van der Waals surface area (Å²) < 4.78 is 0. The van der Waals surface area contributed by atoms with Crippen molar-refractivity contribution < 1.29 is 9.63 Å². The van der Waals surface area contributed by atoms with E-state index < -0.39 is 6.17 Å². The van der Waals surface area contributed by atoms with Crippen molar-refractivity contribution in [3.05, 3.63) is 0 Å². The molecule has 0 radical (unpaired) electrons. The summed E-state index contributed by atoms with van der Waals surface area (Å²) in [6.45, 7) is 0.350. The highest BCUT2D eigenvalue weighted by Crippen LogP contribution is 1.93. The number of nitrogens with zero attached hydrogens (tertiary/aromatic N) is 3. The van der Waals surface area contributed by atoms with E-state index in [1.807, 2.05) is 0 Å². The molecule has 0 fully saturated rings. The van der Waals surface area contributed by atoms with Crippen LogP contribution in [0.25, 0.3) is 0 Å². The summed E-state index contributed by atoms with van der Waals surface area (Å²) in [5.41, 5.74) is 3.15. The van der Waals surface area contributed by atoms with Crippen LogP contribution in [0, 0.1) is 0 Å². The zero-order valence-corrected chi connectivity index (χ0v) is 7.17. The minimum absolute atomic E-state index is 0.350. The standard InChI is InChI=1S/C6H11N5O2/c1-13-8-2-5-3-11(7)6(4-12)10-9-5/h2,4,6,10H,3,7H2,1H3/b8-2+. The Morgan fingerprint density at radius 3 is 3.23 bits per heavy atom.